The van der Waals surface area contributed by atoms with Crippen molar-refractivity contribution in [1.29, 1.82) is 5.26 Å². The van der Waals surface area contributed by atoms with E-state index < -0.39 is 5.41 Å². The van der Waals surface area contributed by atoms with Gasteiger partial charge in [-0.05, 0) is 44.2 Å². The van der Waals surface area contributed by atoms with Crippen molar-refractivity contribution in [3.63, 3.8) is 0 Å². The molecule has 0 N–H and O–H groups in total. The highest BCUT2D eigenvalue weighted by atomic mass is 16.1. The number of rotatable bonds is 2. The summed E-state index contributed by atoms with van der Waals surface area (Å²) >= 11 is 0. The Kier molecular flexibility index (Phi) is 3.26. The largest absolute Gasteiger partial charge is 0.297 e. The average Bonchev–Trinajstić information content (AvgIpc) is 2.59. The number of nitrogens with zero attached hydrogens (tertiary/aromatic N) is 1. The smallest absolute Gasteiger partial charge is 0.158 e. The van der Waals surface area contributed by atoms with Crippen LogP contribution in [0, 0.1) is 36.0 Å². The molecule has 0 amide bonds. The van der Waals surface area contributed by atoms with Gasteiger partial charge in [0.15, 0.2) is 5.78 Å². The lowest BCUT2D eigenvalue weighted by atomic mass is 9.76. The van der Waals surface area contributed by atoms with Crippen LogP contribution in [-0.2, 0) is 11.2 Å². The van der Waals surface area contributed by atoms with Gasteiger partial charge in [0, 0.05) is 5.41 Å². The zero-order valence-corrected chi connectivity index (χ0v) is 12.2. The second kappa shape index (κ2) is 4.49. The van der Waals surface area contributed by atoms with E-state index in [1.165, 1.54) is 5.56 Å². The number of hydrogen-bond donors (Lipinski definition) is 0. The lowest BCUT2D eigenvalue weighted by molar-refractivity contribution is -0.130. The number of benzene rings is 1. The van der Waals surface area contributed by atoms with Gasteiger partial charge in [0.1, 0.15) is 5.41 Å². The third kappa shape index (κ3) is 2.30. The minimum Gasteiger partial charge on any atom is -0.297 e. The Morgan fingerprint density at radius 1 is 1.26 bits per heavy atom. The van der Waals surface area contributed by atoms with Gasteiger partial charge in [-0.3, -0.25) is 4.79 Å². The molecule has 2 rings (SSSR count). The molecule has 19 heavy (non-hydrogen) atoms. The van der Waals surface area contributed by atoms with Gasteiger partial charge in [-0.1, -0.05) is 37.6 Å². The predicted octanol–water partition coefficient (Wildman–Crippen LogP) is 3.75. The van der Waals surface area contributed by atoms with Gasteiger partial charge >= 0.3 is 0 Å². The zero-order chi connectivity index (χ0) is 14.3. The van der Waals surface area contributed by atoms with E-state index in [2.05, 4.69) is 24.3 Å². The fourth-order valence-electron chi connectivity index (χ4n) is 3.03. The maximum Gasteiger partial charge on any atom is 0.158 e. The molecule has 1 saturated carbocycles. The molecule has 1 atom stereocenters. The molecule has 2 heteroatoms. The highest BCUT2D eigenvalue weighted by molar-refractivity contribution is 5.94. The van der Waals surface area contributed by atoms with E-state index in [1.54, 1.807) is 0 Å². The van der Waals surface area contributed by atoms with Gasteiger partial charge in [-0.2, -0.15) is 5.26 Å². The molecular formula is C17H21NO. The van der Waals surface area contributed by atoms with E-state index >= 15 is 0 Å². The summed E-state index contributed by atoms with van der Waals surface area (Å²) in [4.78, 5) is 12.6. The maximum absolute atomic E-state index is 12.6. The summed E-state index contributed by atoms with van der Waals surface area (Å²) in [7, 11) is 0. The Hall–Kier alpha value is -1.62. The number of Topliss-reactive ketones (excluding diaryl/α,β-unsaturated/α-hetero) is 1. The van der Waals surface area contributed by atoms with E-state index in [9.17, 15) is 10.1 Å². The van der Waals surface area contributed by atoms with Crippen LogP contribution in [-0.4, -0.2) is 5.78 Å². The Morgan fingerprint density at radius 2 is 1.95 bits per heavy atom. The molecule has 100 valence electrons. The van der Waals surface area contributed by atoms with Crippen LogP contribution in [0.15, 0.2) is 18.2 Å². The number of ketones is 1. The number of aryl methyl sites for hydroxylation is 2. The first-order valence-corrected chi connectivity index (χ1v) is 6.83. The van der Waals surface area contributed by atoms with Crippen LogP contribution in [0.1, 0.15) is 43.4 Å². The van der Waals surface area contributed by atoms with Crippen molar-refractivity contribution in [1.82, 2.24) is 0 Å². The quantitative estimate of drug-likeness (QED) is 0.807. The molecule has 1 unspecified atom stereocenters. The van der Waals surface area contributed by atoms with Crippen molar-refractivity contribution in [3.8, 4) is 6.07 Å². The summed E-state index contributed by atoms with van der Waals surface area (Å²) < 4.78 is 0. The number of carbonyl (C=O) groups excluding carboxylic acids is 1. The molecule has 0 heterocycles. The molecule has 0 radical (unpaired) electrons. The average molecular weight is 255 g/mol. The van der Waals surface area contributed by atoms with E-state index in [0.717, 1.165) is 17.5 Å². The van der Waals surface area contributed by atoms with Crippen LogP contribution in [0.5, 0.6) is 0 Å². The summed E-state index contributed by atoms with van der Waals surface area (Å²) in [5.41, 5.74) is 2.30. The third-order valence-corrected chi connectivity index (χ3v) is 4.44. The fraction of sp³-hybridized carbons (Fsp3) is 0.529. The van der Waals surface area contributed by atoms with Gasteiger partial charge in [0.2, 0.25) is 0 Å². The van der Waals surface area contributed by atoms with Gasteiger partial charge in [-0.15, -0.1) is 0 Å². The number of carbonyl (C=O) groups is 1. The van der Waals surface area contributed by atoms with Crippen molar-refractivity contribution in [2.45, 2.75) is 47.0 Å². The zero-order valence-electron chi connectivity index (χ0n) is 12.2. The first-order chi connectivity index (χ1) is 8.81. The van der Waals surface area contributed by atoms with Crippen LogP contribution in [0.25, 0.3) is 0 Å². The van der Waals surface area contributed by atoms with Crippen molar-refractivity contribution < 1.29 is 4.79 Å². The van der Waals surface area contributed by atoms with Gasteiger partial charge < -0.3 is 0 Å². The second-order valence-electron chi connectivity index (χ2n) is 6.51. The minimum absolute atomic E-state index is 0.114. The molecule has 1 aromatic rings. The number of hydrogen-bond acceptors (Lipinski definition) is 2. The molecule has 2 nitrogen and oxygen atoms in total. The van der Waals surface area contributed by atoms with Gasteiger partial charge in [0.05, 0.1) is 6.07 Å². The molecule has 1 fully saturated rings. The second-order valence-corrected chi connectivity index (χ2v) is 6.51. The molecule has 1 aliphatic carbocycles. The van der Waals surface area contributed by atoms with E-state index in [0.29, 0.717) is 12.8 Å². The van der Waals surface area contributed by atoms with Crippen LogP contribution in [0.2, 0.25) is 0 Å². The van der Waals surface area contributed by atoms with Crippen LogP contribution in [0.4, 0.5) is 0 Å². The van der Waals surface area contributed by atoms with Crippen molar-refractivity contribution in [2.24, 2.45) is 10.8 Å². The van der Waals surface area contributed by atoms with Crippen LogP contribution >= 0.6 is 0 Å². The molecule has 1 aromatic carbocycles. The molecule has 0 aromatic heterocycles. The SMILES string of the molecule is Cc1ccc(C)c(CC2(C#N)CCC(C)(C)C2=O)c1. The first kappa shape index (κ1) is 13.8. The van der Waals surface area contributed by atoms with Gasteiger partial charge in [0.25, 0.3) is 0 Å². The lowest BCUT2D eigenvalue weighted by Crippen LogP contribution is -2.33. The Balaban J connectivity index is 2.38. The summed E-state index contributed by atoms with van der Waals surface area (Å²) in [5, 5.41) is 9.57. The molecular weight excluding hydrogens is 234 g/mol. The van der Waals surface area contributed by atoms with E-state index in [1.807, 2.05) is 27.7 Å². The van der Waals surface area contributed by atoms with E-state index in [-0.39, 0.29) is 11.2 Å². The first-order valence-electron chi connectivity index (χ1n) is 6.83. The van der Waals surface area contributed by atoms with E-state index in [4.69, 9.17) is 0 Å². The maximum atomic E-state index is 12.6. The van der Waals surface area contributed by atoms with Crippen LogP contribution in [0.3, 0.4) is 0 Å². The summed E-state index contributed by atoms with van der Waals surface area (Å²) in [6, 6.07) is 8.57. The number of nitriles is 1. The Labute approximate surface area is 115 Å². The van der Waals surface area contributed by atoms with Crippen molar-refractivity contribution >= 4 is 5.78 Å². The van der Waals surface area contributed by atoms with Crippen molar-refractivity contribution in [3.05, 3.63) is 34.9 Å². The van der Waals surface area contributed by atoms with Crippen molar-refractivity contribution in [2.75, 3.05) is 0 Å². The summed E-state index contributed by atoms with van der Waals surface area (Å²) in [5.74, 6) is 0.114. The highest BCUT2D eigenvalue weighted by Gasteiger charge is 2.52. The third-order valence-electron chi connectivity index (χ3n) is 4.44. The highest BCUT2D eigenvalue weighted by Crippen LogP contribution is 2.47. The molecule has 0 saturated heterocycles. The standard InChI is InChI=1S/C17H21NO/c1-12-5-6-13(2)14(9-12)10-17(11-18)8-7-16(3,4)15(17)19/h5-6,9H,7-8,10H2,1-4H3. The van der Waals surface area contributed by atoms with Gasteiger partial charge in [-0.25, -0.2) is 0 Å². The fourth-order valence-corrected chi connectivity index (χ4v) is 3.03. The monoisotopic (exact) mass is 255 g/mol. The Bertz CT molecular complexity index is 565. The van der Waals surface area contributed by atoms with Crippen LogP contribution < -0.4 is 0 Å². The lowest BCUT2D eigenvalue weighted by Gasteiger charge is -2.23. The Morgan fingerprint density at radius 3 is 2.47 bits per heavy atom. The minimum atomic E-state index is -0.817. The predicted molar refractivity (Wildman–Crippen MR) is 75.7 cm³/mol. The molecule has 1 aliphatic rings. The summed E-state index contributed by atoms with van der Waals surface area (Å²) in [6.07, 6.45) is 2.05. The molecule has 0 aliphatic heterocycles. The topological polar surface area (TPSA) is 40.9 Å². The molecule has 0 bridgehead atoms. The summed E-state index contributed by atoms with van der Waals surface area (Å²) in [6.45, 7) is 8.00. The normalized spacial score (nSPS) is 25.3. The molecule has 0 spiro atoms.